The van der Waals surface area contributed by atoms with E-state index in [1.165, 1.54) is 5.56 Å². The first-order valence-electron chi connectivity index (χ1n) is 8.00. The van der Waals surface area contributed by atoms with Crippen LogP contribution in [0.25, 0.3) is 0 Å². The second-order valence-electron chi connectivity index (χ2n) is 7.07. The maximum absolute atomic E-state index is 11.8. The molecule has 0 radical (unpaired) electrons. The Morgan fingerprint density at radius 3 is 2.27 bits per heavy atom. The molecule has 2 rings (SSSR count). The molecule has 22 heavy (non-hydrogen) atoms. The lowest BCUT2D eigenvalue weighted by atomic mass is 9.86. The first kappa shape index (κ1) is 16.5. The van der Waals surface area contributed by atoms with Crippen LogP contribution in [-0.2, 0) is 21.4 Å². The molecule has 1 aromatic rings. The lowest BCUT2D eigenvalue weighted by molar-refractivity contribution is -0.126. The van der Waals surface area contributed by atoms with E-state index in [1.54, 1.807) is 0 Å². The molecule has 4 nitrogen and oxygen atoms in total. The van der Waals surface area contributed by atoms with E-state index < -0.39 is 0 Å². The molecule has 1 saturated carbocycles. The van der Waals surface area contributed by atoms with Crippen LogP contribution in [0.1, 0.15) is 51.2 Å². The van der Waals surface area contributed by atoms with Crippen molar-refractivity contribution in [2.24, 2.45) is 0 Å². The highest BCUT2D eigenvalue weighted by molar-refractivity contribution is 5.85. The van der Waals surface area contributed by atoms with Gasteiger partial charge in [-0.05, 0) is 35.8 Å². The fourth-order valence-corrected chi connectivity index (χ4v) is 2.20. The van der Waals surface area contributed by atoms with Crippen LogP contribution in [0, 0.1) is 0 Å². The molecule has 1 fully saturated rings. The van der Waals surface area contributed by atoms with Gasteiger partial charge in [-0.25, -0.2) is 0 Å². The Morgan fingerprint density at radius 1 is 1.09 bits per heavy atom. The lowest BCUT2D eigenvalue weighted by Crippen LogP contribution is -2.37. The number of carbonyl (C=O) groups is 2. The smallest absolute Gasteiger partial charge is 0.239 e. The van der Waals surface area contributed by atoms with E-state index in [2.05, 4.69) is 55.7 Å². The van der Waals surface area contributed by atoms with E-state index >= 15 is 0 Å². The Balaban J connectivity index is 1.70. The van der Waals surface area contributed by atoms with Crippen molar-refractivity contribution in [3.63, 3.8) is 0 Å². The Labute approximate surface area is 132 Å². The molecule has 0 saturated heterocycles. The average Bonchev–Trinajstić information content (AvgIpc) is 3.26. The van der Waals surface area contributed by atoms with Crippen molar-refractivity contribution in [1.82, 2.24) is 10.6 Å². The molecule has 1 aliphatic rings. The van der Waals surface area contributed by atoms with Crippen molar-refractivity contribution in [3.05, 3.63) is 35.4 Å². The number of benzene rings is 1. The summed E-state index contributed by atoms with van der Waals surface area (Å²) in [5, 5.41) is 5.52. The zero-order valence-corrected chi connectivity index (χ0v) is 13.7. The zero-order valence-electron chi connectivity index (χ0n) is 13.7. The number of hydrogen-bond acceptors (Lipinski definition) is 2. The van der Waals surface area contributed by atoms with Gasteiger partial charge in [-0.2, -0.15) is 0 Å². The largest absolute Gasteiger partial charge is 0.352 e. The van der Waals surface area contributed by atoms with Crippen LogP contribution < -0.4 is 10.6 Å². The maximum atomic E-state index is 11.8. The number of rotatable bonds is 6. The van der Waals surface area contributed by atoms with Gasteiger partial charge in [0.15, 0.2) is 0 Å². The summed E-state index contributed by atoms with van der Waals surface area (Å²) in [5.41, 5.74) is 2.58. The molecule has 0 aliphatic heterocycles. The number of aryl methyl sites for hydroxylation is 1. The SMILES string of the molecule is CC(C)(C)c1ccc(CCC(=O)NCC(=O)NC2CC2)cc1. The van der Waals surface area contributed by atoms with Gasteiger partial charge in [0.1, 0.15) is 0 Å². The number of nitrogens with one attached hydrogen (secondary N) is 2. The molecule has 0 heterocycles. The van der Waals surface area contributed by atoms with Crippen LogP contribution in [0.15, 0.2) is 24.3 Å². The quantitative estimate of drug-likeness (QED) is 0.847. The fraction of sp³-hybridized carbons (Fsp3) is 0.556. The molecule has 1 aliphatic carbocycles. The Bertz CT molecular complexity index is 525. The van der Waals surface area contributed by atoms with Crippen LogP contribution in [0.5, 0.6) is 0 Å². The third-order valence-corrected chi connectivity index (χ3v) is 3.85. The third-order valence-electron chi connectivity index (χ3n) is 3.85. The minimum Gasteiger partial charge on any atom is -0.352 e. The van der Waals surface area contributed by atoms with E-state index in [0.717, 1.165) is 18.4 Å². The maximum Gasteiger partial charge on any atom is 0.239 e. The zero-order chi connectivity index (χ0) is 16.2. The second kappa shape index (κ2) is 6.95. The summed E-state index contributed by atoms with van der Waals surface area (Å²) < 4.78 is 0. The molecule has 0 unspecified atom stereocenters. The van der Waals surface area contributed by atoms with Gasteiger partial charge in [-0.3, -0.25) is 9.59 Å². The Hall–Kier alpha value is -1.84. The van der Waals surface area contributed by atoms with Gasteiger partial charge in [0.2, 0.25) is 11.8 Å². The highest BCUT2D eigenvalue weighted by atomic mass is 16.2. The first-order chi connectivity index (χ1) is 10.3. The van der Waals surface area contributed by atoms with E-state index in [4.69, 9.17) is 0 Å². The normalized spacial score (nSPS) is 14.5. The molecule has 0 bridgehead atoms. The van der Waals surface area contributed by atoms with E-state index in [9.17, 15) is 9.59 Å². The van der Waals surface area contributed by atoms with Crippen molar-refractivity contribution < 1.29 is 9.59 Å². The molecule has 2 amide bonds. The Morgan fingerprint density at radius 2 is 1.73 bits per heavy atom. The minimum absolute atomic E-state index is 0.0779. The van der Waals surface area contributed by atoms with E-state index in [0.29, 0.717) is 18.9 Å². The highest BCUT2D eigenvalue weighted by Gasteiger charge is 2.23. The standard InChI is InChI=1S/C18H26N2O2/c1-18(2,3)14-7-4-13(5-8-14)6-11-16(21)19-12-17(22)20-15-9-10-15/h4-5,7-8,15H,6,9-12H2,1-3H3,(H,19,21)(H,20,22). The molecular formula is C18H26N2O2. The summed E-state index contributed by atoms with van der Waals surface area (Å²) in [7, 11) is 0. The summed E-state index contributed by atoms with van der Waals surface area (Å²) in [4.78, 5) is 23.2. The number of amides is 2. The van der Waals surface area contributed by atoms with Gasteiger partial charge in [-0.1, -0.05) is 45.0 Å². The van der Waals surface area contributed by atoms with Crippen LogP contribution in [0.4, 0.5) is 0 Å². The molecule has 1 aromatic carbocycles. The van der Waals surface area contributed by atoms with Gasteiger partial charge >= 0.3 is 0 Å². The predicted molar refractivity (Wildman–Crippen MR) is 87.6 cm³/mol. The van der Waals surface area contributed by atoms with Gasteiger partial charge in [0, 0.05) is 12.5 Å². The van der Waals surface area contributed by atoms with E-state index in [-0.39, 0.29) is 23.8 Å². The van der Waals surface area contributed by atoms with Crippen LogP contribution >= 0.6 is 0 Å². The summed E-state index contributed by atoms with van der Waals surface area (Å²) in [6.07, 6.45) is 3.22. The molecule has 4 heteroatoms. The van der Waals surface area contributed by atoms with Crippen LogP contribution in [0.2, 0.25) is 0 Å². The van der Waals surface area contributed by atoms with Crippen molar-refractivity contribution in [2.75, 3.05) is 6.54 Å². The van der Waals surface area contributed by atoms with Gasteiger partial charge in [0.05, 0.1) is 6.54 Å². The van der Waals surface area contributed by atoms with Crippen molar-refractivity contribution >= 4 is 11.8 Å². The molecule has 0 spiro atoms. The lowest BCUT2D eigenvalue weighted by Gasteiger charge is -2.19. The molecule has 0 aromatic heterocycles. The minimum atomic E-state index is -0.0922. The summed E-state index contributed by atoms with van der Waals surface area (Å²) in [5.74, 6) is -0.170. The highest BCUT2D eigenvalue weighted by Crippen LogP contribution is 2.22. The summed E-state index contributed by atoms with van der Waals surface area (Å²) in [6.45, 7) is 6.63. The summed E-state index contributed by atoms with van der Waals surface area (Å²) >= 11 is 0. The second-order valence-corrected chi connectivity index (χ2v) is 7.07. The monoisotopic (exact) mass is 302 g/mol. The third kappa shape index (κ3) is 5.51. The number of hydrogen-bond donors (Lipinski definition) is 2. The molecule has 0 atom stereocenters. The molecular weight excluding hydrogens is 276 g/mol. The first-order valence-corrected chi connectivity index (χ1v) is 8.00. The van der Waals surface area contributed by atoms with Crippen LogP contribution in [0.3, 0.4) is 0 Å². The van der Waals surface area contributed by atoms with Crippen molar-refractivity contribution in [2.45, 2.75) is 57.9 Å². The van der Waals surface area contributed by atoms with E-state index in [1.807, 2.05) is 0 Å². The van der Waals surface area contributed by atoms with Crippen LogP contribution in [-0.4, -0.2) is 24.4 Å². The number of carbonyl (C=O) groups excluding carboxylic acids is 2. The topological polar surface area (TPSA) is 58.2 Å². The van der Waals surface area contributed by atoms with Gasteiger partial charge in [-0.15, -0.1) is 0 Å². The Kier molecular flexibility index (Phi) is 5.22. The van der Waals surface area contributed by atoms with Gasteiger partial charge < -0.3 is 10.6 Å². The fourth-order valence-electron chi connectivity index (χ4n) is 2.20. The molecule has 2 N–H and O–H groups in total. The predicted octanol–water partition coefficient (Wildman–Crippen LogP) is 2.31. The van der Waals surface area contributed by atoms with Gasteiger partial charge in [0.25, 0.3) is 0 Å². The van der Waals surface area contributed by atoms with Crippen molar-refractivity contribution in [3.8, 4) is 0 Å². The summed E-state index contributed by atoms with van der Waals surface area (Å²) in [6, 6.07) is 8.74. The van der Waals surface area contributed by atoms with Crippen molar-refractivity contribution in [1.29, 1.82) is 0 Å². The average molecular weight is 302 g/mol. The molecule has 120 valence electrons.